The fraction of sp³-hybridized carbons (Fsp3) is 0.688. The summed E-state index contributed by atoms with van der Waals surface area (Å²) in [6.45, 7) is 11.9. The second-order valence-corrected chi connectivity index (χ2v) is 5.81. The van der Waals surface area contributed by atoms with E-state index in [0.717, 1.165) is 30.9 Å². The molecule has 0 aliphatic rings. The van der Waals surface area contributed by atoms with Gasteiger partial charge in [-0.05, 0) is 45.9 Å². The Balaban J connectivity index is 2.24. The summed E-state index contributed by atoms with van der Waals surface area (Å²) in [7, 11) is 0. The molecule has 0 atom stereocenters. The van der Waals surface area contributed by atoms with Gasteiger partial charge in [0.25, 0.3) is 0 Å². The zero-order valence-electron chi connectivity index (χ0n) is 13.2. The molecule has 0 fully saturated rings. The average molecular weight is 280 g/mol. The number of nitrogens with zero attached hydrogens (tertiary/aromatic N) is 1. The maximum Gasteiger partial charge on any atom is 0.0889 e. The molecule has 1 heterocycles. The number of rotatable bonds is 9. The topological polar surface area (TPSA) is 43.4 Å². The van der Waals surface area contributed by atoms with Gasteiger partial charge in [0.05, 0.1) is 36.8 Å². The molecule has 20 heavy (non-hydrogen) atoms. The third-order valence-corrected chi connectivity index (χ3v) is 2.61. The van der Waals surface area contributed by atoms with Crippen LogP contribution in [-0.4, -0.2) is 30.3 Å². The fourth-order valence-electron chi connectivity index (χ4n) is 1.68. The molecule has 114 valence electrons. The fourth-order valence-corrected chi connectivity index (χ4v) is 1.68. The van der Waals surface area contributed by atoms with Crippen molar-refractivity contribution in [3.8, 4) is 0 Å². The predicted octanol–water partition coefficient (Wildman–Crippen LogP) is 2.91. The van der Waals surface area contributed by atoms with E-state index in [1.54, 1.807) is 0 Å². The largest absolute Gasteiger partial charge is 0.373 e. The van der Waals surface area contributed by atoms with E-state index in [2.05, 4.69) is 17.2 Å². The lowest BCUT2D eigenvalue weighted by Crippen LogP contribution is -2.21. The van der Waals surface area contributed by atoms with Gasteiger partial charge >= 0.3 is 0 Å². The molecule has 1 aromatic heterocycles. The number of hydrogen-bond acceptors (Lipinski definition) is 4. The van der Waals surface area contributed by atoms with Gasteiger partial charge in [0.2, 0.25) is 0 Å². The van der Waals surface area contributed by atoms with Gasteiger partial charge in [-0.1, -0.05) is 13.0 Å². The molecule has 0 aliphatic carbocycles. The number of aromatic nitrogens is 1. The van der Waals surface area contributed by atoms with Crippen molar-refractivity contribution in [1.29, 1.82) is 0 Å². The maximum absolute atomic E-state index is 5.60. The van der Waals surface area contributed by atoms with Gasteiger partial charge in [0.1, 0.15) is 0 Å². The summed E-state index contributed by atoms with van der Waals surface area (Å²) in [5.41, 5.74) is 1.92. The third-order valence-electron chi connectivity index (χ3n) is 2.61. The summed E-state index contributed by atoms with van der Waals surface area (Å²) in [5.74, 6) is 0. The highest BCUT2D eigenvalue weighted by atomic mass is 16.5. The summed E-state index contributed by atoms with van der Waals surface area (Å²) in [6, 6.07) is 6.06. The second kappa shape index (κ2) is 9.06. The molecule has 1 aromatic rings. The van der Waals surface area contributed by atoms with E-state index >= 15 is 0 Å². The van der Waals surface area contributed by atoms with Gasteiger partial charge in [0.15, 0.2) is 0 Å². The molecule has 0 saturated heterocycles. The summed E-state index contributed by atoms with van der Waals surface area (Å²) in [4.78, 5) is 4.56. The van der Waals surface area contributed by atoms with Crippen LogP contribution in [0.1, 0.15) is 45.5 Å². The molecule has 0 unspecified atom stereocenters. The molecule has 4 nitrogen and oxygen atoms in total. The first-order valence-electron chi connectivity index (χ1n) is 7.38. The smallest absolute Gasteiger partial charge is 0.0889 e. The van der Waals surface area contributed by atoms with Crippen LogP contribution in [0.4, 0.5) is 0 Å². The lowest BCUT2D eigenvalue weighted by Gasteiger charge is -2.19. The standard InChI is InChI=1S/C16H28N2O2/c1-5-9-17-12-14-7-6-8-15(18-14)13-19-10-11-20-16(2,3)4/h6-8,17H,5,9-13H2,1-4H3. The first-order chi connectivity index (χ1) is 9.51. The Hall–Kier alpha value is -0.970. The molecule has 0 saturated carbocycles. The van der Waals surface area contributed by atoms with Crippen molar-refractivity contribution < 1.29 is 9.47 Å². The van der Waals surface area contributed by atoms with Crippen LogP contribution in [0.2, 0.25) is 0 Å². The van der Waals surface area contributed by atoms with Gasteiger partial charge in [-0.2, -0.15) is 0 Å². The lowest BCUT2D eigenvalue weighted by atomic mass is 10.2. The monoisotopic (exact) mass is 280 g/mol. The Kier molecular flexibility index (Phi) is 7.73. The van der Waals surface area contributed by atoms with Gasteiger partial charge in [0, 0.05) is 6.54 Å². The van der Waals surface area contributed by atoms with Crippen LogP contribution in [0.25, 0.3) is 0 Å². The van der Waals surface area contributed by atoms with Gasteiger partial charge in [-0.3, -0.25) is 4.98 Å². The second-order valence-electron chi connectivity index (χ2n) is 5.81. The molecule has 0 amide bonds. The summed E-state index contributed by atoms with van der Waals surface area (Å²) >= 11 is 0. The maximum atomic E-state index is 5.60. The minimum Gasteiger partial charge on any atom is -0.373 e. The van der Waals surface area contributed by atoms with E-state index in [0.29, 0.717) is 19.8 Å². The van der Waals surface area contributed by atoms with E-state index < -0.39 is 0 Å². The van der Waals surface area contributed by atoms with Crippen LogP contribution in [0, 0.1) is 0 Å². The predicted molar refractivity (Wildman–Crippen MR) is 81.6 cm³/mol. The van der Waals surface area contributed by atoms with Gasteiger partial charge < -0.3 is 14.8 Å². The third kappa shape index (κ3) is 8.25. The van der Waals surface area contributed by atoms with Crippen molar-refractivity contribution in [3.63, 3.8) is 0 Å². The molecule has 0 aromatic carbocycles. The van der Waals surface area contributed by atoms with Crippen LogP contribution < -0.4 is 5.32 Å². The SMILES string of the molecule is CCCNCc1cccc(COCCOC(C)(C)C)n1. The highest BCUT2D eigenvalue weighted by molar-refractivity contribution is 5.10. The lowest BCUT2D eigenvalue weighted by molar-refractivity contribution is -0.0380. The highest BCUT2D eigenvalue weighted by Crippen LogP contribution is 2.06. The Morgan fingerprint density at radius 3 is 2.60 bits per heavy atom. The Bertz CT molecular complexity index is 375. The number of pyridine rings is 1. The van der Waals surface area contributed by atoms with Crippen LogP contribution in [0.15, 0.2) is 18.2 Å². The van der Waals surface area contributed by atoms with Crippen molar-refractivity contribution in [1.82, 2.24) is 10.3 Å². The van der Waals surface area contributed by atoms with Crippen molar-refractivity contribution in [2.45, 2.75) is 52.9 Å². The van der Waals surface area contributed by atoms with Crippen molar-refractivity contribution in [3.05, 3.63) is 29.6 Å². The summed E-state index contributed by atoms with van der Waals surface area (Å²) < 4.78 is 11.2. The average Bonchev–Trinajstić information content (AvgIpc) is 2.38. The van der Waals surface area contributed by atoms with Gasteiger partial charge in [-0.15, -0.1) is 0 Å². The van der Waals surface area contributed by atoms with E-state index in [1.807, 2.05) is 39.0 Å². The summed E-state index contributed by atoms with van der Waals surface area (Å²) in [6.07, 6.45) is 1.14. The summed E-state index contributed by atoms with van der Waals surface area (Å²) in [5, 5.41) is 3.35. The molecule has 1 N–H and O–H groups in total. The number of hydrogen-bond donors (Lipinski definition) is 1. The van der Waals surface area contributed by atoms with Crippen molar-refractivity contribution >= 4 is 0 Å². The zero-order chi connectivity index (χ0) is 14.8. The highest BCUT2D eigenvalue weighted by Gasteiger charge is 2.09. The molecule has 0 spiro atoms. The van der Waals surface area contributed by atoms with E-state index in [4.69, 9.17) is 9.47 Å². The molecule has 0 aliphatic heterocycles. The molecular weight excluding hydrogens is 252 g/mol. The molecule has 0 radical (unpaired) electrons. The quantitative estimate of drug-likeness (QED) is 0.706. The Labute approximate surface area is 122 Å². The van der Waals surface area contributed by atoms with Crippen molar-refractivity contribution in [2.75, 3.05) is 19.8 Å². The van der Waals surface area contributed by atoms with E-state index in [-0.39, 0.29) is 5.60 Å². The number of ether oxygens (including phenoxy) is 2. The normalized spacial score (nSPS) is 11.8. The van der Waals surface area contributed by atoms with Crippen molar-refractivity contribution in [2.24, 2.45) is 0 Å². The number of nitrogens with one attached hydrogen (secondary N) is 1. The molecular formula is C16H28N2O2. The Morgan fingerprint density at radius 1 is 1.15 bits per heavy atom. The van der Waals surface area contributed by atoms with Crippen LogP contribution in [0.3, 0.4) is 0 Å². The van der Waals surface area contributed by atoms with E-state index in [1.165, 1.54) is 0 Å². The Morgan fingerprint density at radius 2 is 1.90 bits per heavy atom. The molecule has 1 rings (SSSR count). The molecule has 0 bridgehead atoms. The minimum atomic E-state index is -0.105. The van der Waals surface area contributed by atoms with Gasteiger partial charge in [-0.25, -0.2) is 0 Å². The van der Waals surface area contributed by atoms with E-state index in [9.17, 15) is 0 Å². The first kappa shape index (κ1) is 17.1. The first-order valence-corrected chi connectivity index (χ1v) is 7.38. The van der Waals surface area contributed by atoms with Crippen LogP contribution in [0.5, 0.6) is 0 Å². The van der Waals surface area contributed by atoms with Crippen LogP contribution >= 0.6 is 0 Å². The molecule has 4 heteroatoms. The zero-order valence-corrected chi connectivity index (χ0v) is 13.2. The van der Waals surface area contributed by atoms with Crippen LogP contribution in [-0.2, 0) is 22.6 Å². The minimum absolute atomic E-state index is 0.105.